The van der Waals surface area contributed by atoms with Gasteiger partial charge in [-0.15, -0.1) is 4.40 Å². The van der Waals surface area contributed by atoms with Crippen LogP contribution in [0.5, 0.6) is 5.75 Å². The molecule has 1 unspecified atom stereocenters. The molecule has 1 atom stereocenters. The molecule has 1 aromatic carbocycles. The van der Waals surface area contributed by atoms with Gasteiger partial charge in [0.1, 0.15) is 5.75 Å². The van der Waals surface area contributed by atoms with Gasteiger partial charge in [-0.1, -0.05) is 18.6 Å². The van der Waals surface area contributed by atoms with E-state index in [0.29, 0.717) is 25.6 Å². The van der Waals surface area contributed by atoms with Crippen molar-refractivity contribution in [2.75, 3.05) is 33.3 Å². The summed E-state index contributed by atoms with van der Waals surface area (Å²) in [6.45, 7) is 3.44. The van der Waals surface area contributed by atoms with Gasteiger partial charge in [0.2, 0.25) is 11.9 Å². The molecule has 1 saturated heterocycles. The highest BCUT2D eigenvalue weighted by atomic mass is 32.2. The minimum atomic E-state index is -3.80. The zero-order valence-electron chi connectivity index (χ0n) is 18.1. The number of nitrogens with one attached hydrogen (secondary N) is 1. The predicted octanol–water partition coefficient (Wildman–Crippen LogP) is 1.77. The first-order valence-electron chi connectivity index (χ1n) is 11.1. The van der Waals surface area contributed by atoms with Crippen LogP contribution in [0.2, 0.25) is 0 Å². The van der Waals surface area contributed by atoms with Crippen molar-refractivity contribution in [3.05, 3.63) is 29.3 Å². The topological polar surface area (TPSA) is 113 Å². The van der Waals surface area contributed by atoms with E-state index in [1.54, 1.807) is 0 Å². The van der Waals surface area contributed by atoms with Crippen LogP contribution in [-0.2, 0) is 16.6 Å². The summed E-state index contributed by atoms with van der Waals surface area (Å²) in [5.41, 5.74) is 8.27. The van der Waals surface area contributed by atoms with Crippen LogP contribution in [0, 0.1) is 0 Å². The number of fused-ring (bicyclic) bond motifs is 1. The maximum atomic E-state index is 11.9. The average molecular weight is 449 g/mol. The Balaban J connectivity index is 1.32. The van der Waals surface area contributed by atoms with Crippen molar-refractivity contribution in [2.45, 2.75) is 51.0 Å². The molecule has 1 aromatic rings. The highest BCUT2D eigenvalue weighted by Gasteiger charge is 2.28. The van der Waals surface area contributed by atoms with E-state index < -0.39 is 10.2 Å². The van der Waals surface area contributed by atoms with E-state index in [4.69, 9.17) is 10.5 Å². The average Bonchev–Trinajstić information content (AvgIpc) is 2.76. The molecule has 0 saturated carbocycles. The second-order valence-corrected chi connectivity index (χ2v) is 9.91. The molecule has 10 heteroatoms. The third-order valence-electron chi connectivity index (χ3n) is 6.20. The molecular weight excluding hydrogens is 416 g/mol. The first kappa shape index (κ1) is 21.9. The third-order valence-corrected chi connectivity index (χ3v) is 7.48. The first-order chi connectivity index (χ1) is 15.0. The van der Waals surface area contributed by atoms with Gasteiger partial charge in [0, 0.05) is 19.6 Å². The number of piperidine rings is 1. The van der Waals surface area contributed by atoms with Crippen molar-refractivity contribution in [3.63, 3.8) is 0 Å². The number of benzene rings is 1. The fraction of sp³-hybridized carbons (Fsp3) is 0.619. The number of nitrogens with two attached hydrogens (primary N) is 1. The van der Waals surface area contributed by atoms with Crippen LogP contribution in [0.1, 0.15) is 55.7 Å². The number of guanidine groups is 2. The number of hydrogen-bond donors (Lipinski definition) is 2. The van der Waals surface area contributed by atoms with Gasteiger partial charge >= 0.3 is 10.2 Å². The molecule has 1 aliphatic carbocycles. The summed E-state index contributed by atoms with van der Waals surface area (Å²) in [5.74, 6) is 0.885. The van der Waals surface area contributed by atoms with E-state index >= 15 is 0 Å². The second kappa shape index (κ2) is 9.44. The van der Waals surface area contributed by atoms with Crippen LogP contribution in [0.15, 0.2) is 27.6 Å². The molecule has 0 bridgehead atoms. The Kier molecular flexibility index (Phi) is 6.66. The van der Waals surface area contributed by atoms with Crippen LogP contribution >= 0.6 is 0 Å². The Morgan fingerprint density at radius 3 is 2.84 bits per heavy atom. The number of nitrogens with zero attached hydrogens (tertiary/aromatic N) is 4. The molecule has 170 valence electrons. The molecule has 2 aliphatic heterocycles. The maximum Gasteiger partial charge on any atom is 0.350 e. The summed E-state index contributed by atoms with van der Waals surface area (Å²) >= 11 is 0. The van der Waals surface area contributed by atoms with E-state index in [9.17, 15) is 8.42 Å². The quantitative estimate of drug-likeness (QED) is 0.642. The van der Waals surface area contributed by atoms with Gasteiger partial charge in [-0.2, -0.15) is 13.4 Å². The van der Waals surface area contributed by atoms with E-state index in [2.05, 4.69) is 37.8 Å². The Morgan fingerprint density at radius 2 is 2.03 bits per heavy atom. The van der Waals surface area contributed by atoms with Crippen LogP contribution in [0.4, 0.5) is 0 Å². The van der Waals surface area contributed by atoms with Gasteiger partial charge in [-0.05, 0) is 68.8 Å². The molecule has 4 rings (SSSR count). The van der Waals surface area contributed by atoms with Crippen molar-refractivity contribution in [3.8, 4) is 5.75 Å². The number of hydrogen-bond acceptors (Lipinski definition) is 7. The minimum Gasteiger partial charge on any atom is -0.493 e. The Morgan fingerprint density at radius 1 is 1.23 bits per heavy atom. The molecule has 0 spiro atoms. The number of likely N-dealkylation sites (tertiary alicyclic amines) is 1. The van der Waals surface area contributed by atoms with Crippen molar-refractivity contribution < 1.29 is 13.2 Å². The molecule has 3 N–H and O–H groups in total. The lowest BCUT2D eigenvalue weighted by Gasteiger charge is -2.38. The van der Waals surface area contributed by atoms with Gasteiger partial charge in [-0.25, -0.2) is 4.31 Å². The summed E-state index contributed by atoms with van der Waals surface area (Å²) in [6, 6.07) is 6.95. The molecule has 1 fully saturated rings. The number of aliphatic imine (C=N–C) groups is 1. The predicted molar refractivity (Wildman–Crippen MR) is 121 cm³/mol. The molecule has 0 radical (unpaired) electrons. The number of rotatable bonds is 6. The van der Waals surface area contributed by atoms with Crippen molar-refractivity contribution in [2.24, 2.45) is 15.1 Å². The second-order valence-electron chi connectivity index (χ2n) is 8.29. The Labute approximate surface area is 184 Å². The monoisotopic (exact) mass is 448 g/mol. The van der Waals surface area contributed by atoms with Crippen molar-refractivity contribution in [1.29, 1.82) is 0 Å². The summed E-state index contributed by atoms with van der Waals surface area (Å²) in [7, 11) is -2.41. The van der Waals surface area contributed by atoms with Crippen LogP contribution in [0.25, 0.3) is 0 Å². The smallest absolute Gasteiger partial charge is 0.350 e. The van der Waals surface area contributed by atoms with Gasteiger partial charge in [0.15, 0.2) is 0 Å². The molecule has 9 nitrogen and oxygen atoms in total. The van der Waals surface area contributed by atoms with Gasteiger partial charge in [0.05, 0.1) is 6.61 Å². The highest BCUT2D eigenvalue weighted by Crippen LogP contribution is 2.39. The molecular formula is C21H32N6O3S. The largest absolute Gasteiger partial charge is 0.493 e. The minimum absolute atomic E-state index is 0.175. The molecule has 0 aromatic heterocycles. The van der Waals surface area contributed by atoms with Crippen molar-refractivity contribution in [1.82, 2.24) is 14.5 Å². The third kappa shape index (κ3) is 4.95. The standard InChI is InChI=1S/C21H32N6O3S/c1-26-21(24-20(22)25-31(26,28)29)23-12-7-15-30-19-11-6-8-16-17(19)9-5-10-18(16)27-13-3-2-4-14-27/h6,8,11,18H,2-5,7,9-10,12-15H2,1H3,(H3,22,23,24,25). The summed E-state index contributed by atoms with van der Waals surface area (Å²) < 4.78 is 34.2. The van der Waals surface area contributed by atoms with Crippen molar-refractivity contribution >= 4 is 22.1 Å². The van der Waals surface area contributed by atoms with Gasteiger partial charge in [0.25, 0.3) is 0 Å². The lowest BCUT2D eigenvalue weighted by atomic mass is 9.85. The van der Waals surface area contributed by atoms with Gasteiger partial charge in [-0.3, -0.25) is 4.90 Å². The van der Waals surface area contributed by atoms with E-state index in [1.807, 2.05) is 0 Å². The SMILES string of the molecule is CN1C(NCCCOc2cccc3c2CCCC3N2CCCCC2)=NC(N)=NS1(=O)=O. The zero-order valence-corrected chi connectivity index (χ0v) is 18.9. The lowest BCUT2D eigenvalue weighted by molar-refractivity contribution is 0.147. The fourth-order valence-electron chi connectivity index (χ4n) is 4.63. The highest BCUT2D eigenvalue weighted by molar-refractivity contribution is 7.88. The van der Waals surface area contributed by atoms with Crippen LogP contribution < -0.4 is 15.8 Å². The fourth-order valence-corrected chi connectivity index (χ4v) is 5.35. The normalized spacial score (nSPS) is 23.5. The number of ether oxygens (including phenoxy) is 1. The summed E-state index contributed by atoms with van der Waals surface area (Å²) in [5, 5.41) is 3.01. The van der Waals surface area contributed by atoms with E-state index in [1.165, 1.54) is 63.4 Å². The molecule has 2 heterocycles. The molecule has 0 amide bonds. The zero-order chi connectivity index (χ0) is 21.8. The summed E-state index contributed by atoms with van der Waals surface area (Å²) in [4.78, 5) is 6.61. The van der Waals surface area contributed by atoms with E-state index in [0.717, 1.165) is 16.5 Å². The molecule has 3 aliphatic rings. The molecule has 31 heavy (non-hydrogen) atoms. The first-order valence-corrected chi connectivity index (χ1v) is 12.5. The Hall–Kier alpha value is -2.33. The van der Waals surface area contributed by atoms with Crippen LogP contribution in [-0.4, -0.2) is 62.8 Å². The van der Waals surface area contributed by atoms with Gasteiger partial charge < -0.3 is 15.8 Å². The Bertz CT molecular complexity index is 956. The van der Waals surface area contributed by atoms with Crippen LogP contribution in [0.3, 0.4) is 0 Å². The van der Waals surface area contributed by atoms with E-state index in [-0.39, 0.29) is 11.9 Å². The maximum absolute atomic E-state index is 11.9. The summed E-state index contributed by atoms with van der Waals surface area (Å²) in [6.07, 6.45) is 8.13. The lowest BCUT2D eigenvalue weighted by Crippen LogP contribution is -2.46.